The van der Waals surface area contributed by atoms with Crippen molar-refractivity contribution in [2.24, 2.45) is 11.8 Å². The van der Waals surface area contributed by atoms with Gasteiger partial charge in [0.25, 0.3) is 0 Å². The van der Waals surface area contributed by atoms with Crippen LogP contribution in [-0.2, 0) is 4.43 Å². The monoisotopic (exact) mass is 328 g/mol. The Kier molecular flexibility index (Phi) is 12.7. The summed E-state index contributed by atoms with van der Waals surface area (Å²) in [5.41, 5.74) is 0. The van der Waals surface area contributed by atoms with Crippen LogP contribution in [0.3, 0.4) is 0 Å². The normalized spacial score (nSPS) is 16.1. The van der Waals surface area contributed by atoms with Crippen LogP contribution in [0.5, 0.6) is 0 Å². The summed E-state index contributed by atoms with van der Waals surface area (Å²) in [6.45, 7) is 14.8. The van der Waals surface area contributed by atoms with E-state index in [2.05, 4.69) is 52.6 Å². The molecule has 2 unspecified atom stereocenters. The average molecular weight is 329 g/mol. The summed E-state index contributed by atoms with van der Waals surface area (Å²) >= 11 is 0. The van der Waals surface area contributed by atoms with Crippen LogP contribution >= 0.6 is 0 Å². The Balaban J connectivity index is 4.42. The maximum atomic E-state index is 6.01. The molecule has 0 aromatic heterocycles. The Morgan fingerprint density at radius 1 is 1.14 bits per heavy atom. The van der Waals surface area contributed by atoms with Gasteiger partial charge in [0.05, 0.1) is 0 Å². The van der Waals surface area contributed by atoms with Gasteiger partial charge in [-0.2, -0.15) is 0 Å². The second-order valence-corrected chi connectivity index (χ2v) is 13.1. The highest BCUT2D eigenvalue weighted by Gasteiger charge is 2.24. The zero-order chi connectivity index (χ0) is 16.1. The number of allylic oxidation sites excluding steroid dienone is 2. The summed E-state index contributed by atoms with van der Waals surface area (Å²) in [7, 11) is -1.17. The van der Waals surface area contributed by atoms with Gasteiger partial charge in [-0.3, -0.25) is 0 Å². The summed E-state index contributed by atoms with van der Waals surface area (Å²) in [4.78, 5) is 0. The maximum absolute atomic E-state index is 6.01. The zero-order valence-corrected chi connectivity index (χ0v) is 18.0. The molecule has 0 amide bonds. The Morgan fingerprint density at radius 3 is 2.38 bits per heavy atom. The molecule has 2 atom stereocenters. The summed E-state index contributed by atoms with van der Waals surface area (Å²) in [6, 6.07) is 2.86. The Labute approximate surface area is 137 Å². The smallest absolute Gasteiger partial charge is 0.186 e. The van der Waals surface area contributed by atoms with Gasteiger partial charge >= 0.3 is 0 Å². The van der Waals surface area contributed by atoms with E-state index in [1.807, 2.05) is 0 Å². The molecule has 0 radical (unpaired) electrons. The lowest BCUT2D eigenvalue weighted by Gasteiger charge is -2.27. The van der Waals surface area contributed by atoms with Crippen LogP contribution in [0.1, 0.15) is 52.9 Å². The third-order valence-electron chi connectivity index (χ3n) is 4.60. The summed E-state index contributed by atoms with van der Waals surface area (Å²) in [5, 5.41) is 0. The molecule has 0 bridgehead atoms. The molecule has 0 rings (SSSR count). The lowest BCUT2D eigenvalue weighted by Crippen LogP contribution is -2.30. The molecule has 0 aliphatic heterocycles. The quantitative estimate of drug-likeness (QED) is 0.314. The minimum atomic E-state index is -1.41. The van der Waals surface area contributed by atoms with Gasteiger partial charge in [0, 0.05) is 16.1 Å². The van der Waals surface area contributed by atoms with Crippen LogP contribution in [0.4, 0.5) is 0 Å². The van der Waals surface area contributed by atoms with Gasteiger partial charge in [-0.25, -0.2) is 0 Å². The van der Waals surface area contributed by atoms with Crippen molar-refractivity contribution >= 4 is 17.8 Å². The van der Waals surface area contributed by atoms with Gasteiger partial charge in [-0.15, -0.1) is 0 Å². The minimum Gasteiger partial charge on any atom is -0.418 e. The fraction of sp³-hybridized carbons (Fsp3) is 0.889. The fourth-order valence-electron chi connectivity index (χ4n) is 3.13. The van der Waals surface area contributed by atoms with E-state index < -0.39 is 8.32 Å². The lowest BCUT2D eigenvalue weighted by atomic mass is 9.87. The van der Waals surface area contributed by atoms with E-state index in [1.165, 1.54) is 44.2 Å². The predicted octanol–water partition coefficient (Wildman–Crippen LogP) is 5.64. The highest BCUT2D eigenvalue weighted by Crippen LogP contribution is 2.29. The molecule has 0 N–H and O–H groups in total. The van der Waals surface area contributed by atoms with E-state index in [4.69, 9.17) is 4.43 Å². The van der Waals surface area contributed by atoms with E-state index in [9.17, 15) is 0 Å². The molecule has 0 fully saturated rings. The first-order chi connectivity index (χ1) is 9.99. The van der Waals surface area contributed by atoms with Crippen molar-refractivity contribution in [2.45, 2.75) is 84.6 Å². The first-order valence-corrected chi connectivity index (χ1v) is 14.8. The Hall–Kier alpha value is 0.134. The Morgan fingerprint density at radius 2 is 1.86 bits per heavy atom. The molecule has 0 aromatic rings. The van der Waals surface area contributed by atoms with Crippen LogP contribution in [0.2, 0.25) is 31.7 Å². The average Bonchev–Trinajstić information content (AvgIpc) is 2.45. The molecule has 0 saturated heterocycles. The molecule has 0 aliphatic rings. The lowest BCUT2D eigenvalue weighted by molar-refractivity contribution is 0.313. The molecular formula is C18H40OSi2. The summed E-state index contributed by atoms with van der Waals surface area (Å²) < 4.78 is 6.01. The van der Waals surface area contributed by atoms with E-state index in [0.29, 0.717) is 0 Å². The van der Waals surface area contributed by atoms with Crippen LogP contribution in [0.15, 0.2) is 12.2 Å². The zero-order valence-electron chi connectivity index (χ0n) is 15.6. The Bertz CT molecular complexity index is 264. The molecular weight excluding hydrogens is 288 g/mol. The second kappa shape index (κ2) is 12.7. The van der Waals surface area contributed by atoms with Crippen LogP contribution in [0.25, 0.3) is 0 Å². The maximum Gasteiger partial charge on any atom is 0.186 e. The third kappa shape index (κ3) is 11.4. The van der Waals surface area contributed by atoms with Gasteiger partial charge in [0.2, 0.25) is 0 Å². The molecule has 0 aliphatic carbocycles. The van der Waals surface area contributed by atoms with E-state index in [-0.39, 0.29) is 9.52 Å². The second-order valence-electron chi connectivity index (χ2n) is 7.05. The molecule has 3 heteroatoms. The highest BCUT2D eigenvalue weighted by atomic mass is 28.4. The highest BCUT2D eigenvalue weighted by molar-refractivity contribution is 6.71. The van der Waals surface area contributed by atoms with Gasteiger partial charge in [0.1, 0.15) is 0 Å². The van der Waals surface area contributed by atoms with Gasteiger partial charge in [-0.1, -0.05) is 50.9 Å². The minimum absolute atomic E-state index is 0.244. The first-order valence-electron chi connectivity index (χ1n) is 9.24. The molecule has 0 saturated carbocycles. The number of rotatable bonds is 13. The predicted molar refractivity (Wildman–Crippen MR) is 104 cm³/mol. The van der Waals surface area contributed by atoms with E-state index in [1.54, 1.807) is 0 Å². The molecule has 0 spiro atoms. The number of hydrogen-bond acceptors (Lipinski definition) is 1. The van der Waals surface area contributed by atoms with Crippen molar-refractivity contribution < 1.29 is 4.43 Å². The van der Waals surface area contributed by atoms with Crippen molar-refractivity contribution in [3.63, 3.8) is 0 Å². The van der Waals surface area contributed by atoms with Crippen LogP contribution < -0.4 is 0 Å². The summed E-state index contributed by atoms with van der Waals surface area (Å²) in [5.74, 6) is 1.83. The third-order valence-corrected chi connectivity index (χ3v) is 8.28. The van der Waals surface area contributed by atoms with Crippen molar-refractivity contribution in [3.8, 4) is 0 Å². The van der Waals surface area contributed by atoms with Crippen molar-refractivity contribution in [1.82, 2.24) is 0 Å². The van der Waals surface area contributed by atoms with Crippen LogP contribution in [0, 0.1) is 11.8 Å². The molecule has 0 heterocycles. The molecule has 126 valence electrons. The topological polar surface area (TPSA) is 9.23 Å². The van der Waals surface area contributed by atoms with Gasteiger partial charge in [0.15, 0.2) is 8.32 Å². The SMILES string of the molecule is C/C=C/CC(CC[Si](C)(C)OCC)CC(CC)CC[SiH2]C. The van der Waals surface area contributed by atoms with Crippen molar-refractivity contribution in [1.29, 1.82) is 0 Å². The van der Waals surface area contributed by atoms with Gasteiger partial charge in [-0.05, 0) is 57.7 Å². The first kappa shape index (κ1) is 21.1. The van der Waals surface area contributed by atoms with E-state index >= 15 is 0 Å². The number of hydrogen-bond donors (Lipinski definition) is 0. The standard InChI is InChI=1S/C18H40OSi2/c1-7-10-11-18(13-15-21(5,6)19-9-3)16-17(8-2)12-14-20-4/h7,10,17-18H,8-9,11-16,20H2,1-6H3/b10-7+. The largest absolute Gasteiger partial charge is 0.418 e. The molecule has 1 nitrogen and oxygen atoms in total. The van der Waals surface area contributed by atoms with Crippen molar-refractivity contribution in [2.75, 3.05) is 6.61 Å². The van der Waals surface area contributed by atoms with E-state index in [0.717, 1.165) is 18.4 Å². The van der Waals surface area contributed by atoms with Gasteiger partial charge < -0.3 is 4.43 Å². The summed E-state index contributed by atoms with van der Waals surface area (Å²) in [6.07, 6.45) is 11.5. The molecule has 21 heavy (non-hydrogen) atoms. The van der Waals surface area contributed by atoms with Crippen molar-refractivity contribution in [3.05, 3.63) is 12.2 Å². The van der Waals surface area contributed by atoms with Crippen LogP contribution in [-0.4, -0.2) is 24.4 Å². The fourth-order valence-corrected chi connectivity index (χ4v) is 6.14. The molecule has 0 aromatic carbocycles.